The molecule has 0 bridgehead atoms. The normalized spacial score (nSPS) is 15.6. The summed E-state index contributed by atoms with van der Waals surface area (Å²) in [6.07, 6.45) is 6.54. The zero-order chi connectivity index (χ0) is 21.8. The van der Waals surface area contributed by atoms with Crippen molar-refractivity contribution in [2.75, 3.05) is 25.4 Å². The van der Waals surface area contributed by atoms with E-state index in [9.17, 15) is 14.0 Å². The third-order valence-corrected chi connectivity index (χ3v) is 5.43. The van der Waals surface area contributed by atoms with E-state index in [1.54, 1.807) is 29.0 Å². The summed E-state index contributed by atoms with van der Waals surface area (Å²) in [6.45, 7) is 6.31. The van der Waals surface area contributed by atoms with Gasteiger partial charge in [0.2, 0.25) is 5.91 Å². The number of amides is 3. The zero-order valence-electron chi connectivity index (χ0n) is 18.0. The van der Waals surface area contributed by atoms with Crippen LogP contribution in [0.15, 0.2) is 18.2 Å². The third-order valence-electron chi connectivity index (χ3n) is 4.59. The Morgan fingerprint density at radius 1 is 1.23 bits per heavy atom. The molecule has 2 aliphatic rings. The van der Waals surface area contributed by atoms with Gasteiger partial charge < -0.3 is 9.64 Å². The van der Waals surface area contributed by atoms with Crippen molar-refractivity contribution < 1.29 is 18.7 Å². The van der Waals surface area contributed by atoms with Crippen molar-refractivity contribution in [3.05, 3.63) is 29.6 Å². The molecule has 30 heavy (non-hydrogen) atoms. The Balaban J connectivity index is 0.00000101. The van der Waals surface area contributed by atoms with Gasteiger partial charge in [0, 0.05) is 18.8 Å². The lowest BCUT2D eigenvalue weighted by atomic mass is 10.2. The molecule has 3 amide bonds. The van der Waals surface area contributed by atoms with Gasteiger partial charge in [0.05, 0.1) is 6.61 Å². The van der Waals surface area contributed by atoms with Gasteiger partial charge in [-0.1, -0.05) is 44.7 Å². The highest BCUT2D eigenvalue weighted by atomic mass is 32.2. The fraction of sp³-hybridized carbons (Fsp3) is 0.636. The number of nitrogens with one attached hydrogen (secondary N) is 2. The third kappa shape index (κ3) is 9.34. The van der Waals surface area contributed by atoms with Crippen molar-refractivity contribution in [2.45, 2.75) is 58.9 Å². The number of nitrogens with zero attached hydrogens (tertiary/aromatic N) is 1. The molecule has 1 saturated heterocycles. The van der Waals surface area contributed by atoms with Gasteiger partial charge in [0.15, 0.2) is 11.6 Å². The summed E-state index contributed by atoms with van der Waals surface area (Å²) in [7, 11) is 0. The zero-order valence-corrected chi connectivity index (χ0v) is 18.9. The van der Waals surface area contributed by atoms with Crippen molar-refractivity contribution >= 4 is 23.9 Å². The second kappa shape index (κ2) is 13.5. The van der Waals surface area contributed by atoms with E-state index in [1.807, 2.05) is 0 Å². The van der Waals surface area contributed by atoms with E-state index in [0.29, 0.717) is 31.4 Å². The Labute approximate surface area is 183 Å². The molecule has 168 valence electrons. The number of carbonyl (C=O) groups excluding carboxylic acids is 2. The van der Waals surface area contributed by atoms with Crippen LogP contribution in [0.2, 0.25) is 0 Å². The second-order valence-electron chi connectivity index (χ2n) is 7.73. The molecule has 3 rings (SSSR count). The Morgan fingerprint density at radius 2 is 2.00 bits per heavy atom. The van der Waals surface area contributed by atoms with Crippen molar-refractivity contribution in [3.8, 4) is 5.75 Å². The molecule has 0 atom stereocenters. The molecule has 2 N–H and O–H groups in total. The van der Waals surface area contributed by atoms with E-state index in [2.05, 4.69) is 23.9 Å². The number of benzene rings is 1. The van der Waals surface area contributed by atoms with E-state index < -0.39 is 0 Å². The van der Waals surface area contributed by atoms with Gasteiger partial charge in [-0.05, 0) is 49.3 Å². The van der Waals surface area contributed by atoms with E-state index in [4.69, 9.17) is 4.74 Å². The summed E-state index contributed by atoms with van der Waals surface area (Å²) < 4.78 is 22.6. The fourth-order valence-electron chi connectivity index (χ4n) is 2.78. The quantitative estimate of drug-likeness (QED) is 0.285. The first kappa shape index (κ1) is 24.5. The van der Waals surface area contributed by atoms with Gasteiger partial charge in [-0.2, -0.15) is 0 Å². The Bertz CT molecular complexity index is 686. The average Bonchev–Trinajstić information content (AvgIpc) is 3.48. The maximum atomic E-state index is 13.8. The van der Waals surface area contributed by atoms with Gasteiger partial charge in [0.1, 0.15) is 6.54 Å². The van der Waals surface area contributed by atoms with Crippen molar-refractivity contribution in [2.24, 2.45) is 5.92 Å². The van der Waals surface area contributed by atoms with E-state index in [-0.39, 0.29) is 24.3 Å². The van der Waals surface area contributed by atoms with Crippen LogP contribution in [0.4, 0.5) is 9.18 Å². The van der Waals surface area contributed by atoms with Crippen LogP contribution in [0, 0.1) is 11.7 Å². The SMILES string of the molecule is CCC.O=C1CN(CCCCCSNCc2ccc(F)c(OCC3CC3)c2)C(=O)N1. The molecule has 6 nitrogen and oxygen atoms in total. The van der Waals surface area contributed by atoms with E-state index in [0.717, 1.165) is 30.6 Å². The molecule has 0 unspecified atom stereocenters. The molecule has 1 aromatic carbocycles. The van der Waals surface area contributed by atoms with E-state index in [1.165, 1.54) is 25.3 Å². The molecule has 0 spiro atoms. The molecule has 2 fully saturated rings. The van der Waals surface area contributed by atoms with Crippen LogP contribution in [0.5, 0.6) is 5.75 Å². The summed E-state index contributed by atoms with van der Waals surface area (Å²) in [4.78, 5) is 24.0. The first-order valence-electron chi connectivity index (χ1n) is 10.9. The van der Waals surface area contributed by atoms with Crippen LogP contribution in [0.25, 0.3) is 0 Å². The topological polar surface area (TPSA) is 70.7 Å². The minimum atomic E-state index is -0.305. The number of rotatable bonds is 12. The average molecular weight is 440 g/mol. The van der Waals surface area contributed by atoms with Gasteiger partial charge in [-0.3, -0.25) is 14.8 Å². The lowest BCUT2D eigenvalue weighted by Crippen LogP contribution is -2.29. The first-order chi connectivity index (χ1) is 14.5. The van der Waals surface area contributed by atoms with Crippen LogP contribution >= 0.6 is 11.9 Å². The summed E-state index contributed by atoms with van der Waals surface area (Å²) in [5.41, 5.74) is 0.999. The number of hydrogen-bond donors (Lipinski definition) is 2. The van der Waals surface area contributed by atoms with E-state index >= 15 is 0 Å². The van der Waals surface area contributed by atoms with Crippen molar-refractivity contribution in [3.63, 3.8) is 0 Å². The minimum Gasteiger partial charge on any atom is -0.490 e. The second-order valence-corrected chi connectivity index (χ2v) is 8.72. The maximum Gasteiger partial charge on any atom is 0.324 e. The molecule has 1 aliphatic carbocycles. The first-order valence-corrected chi connectivity index (χ1v) is 11.9. The van der Waals surface area contributed by atoms with Crippen molar-refractivity contribution in [1.29, 1.82) is 0 Å². The van der Waals surface area contributed by atoms with Crippen LogP contribution < -0.4 is 14.8 Å². The summed E-state index contributed by atoms with van der Waals surface area (Å²) >= 11 is 1.64. The highest BCUT2D eigenvalue weighted by Gasteiger charge is 2.25. The van der Waals surface area contributed by atoms with Gasteiger partial charge in [-0.15, -0.1) is 0 Å². The predicted octanol–water partition coefficient (Wildman–Crippen LogP) is 4.49. The number of imide groups is 1. The standard InChI is InChI=1S/C19H26FN3O3S.C3H8/c20-16-7-6-15(10-17(16)26-13-14-4-5-14)11-21-27-9-3-1-2-8-23-12-18(24)22-19(23)25;1-3-2/h6-7,10,14,21H,1-5,8-9,11-13H2,(H,22,24,25);3H2,1-2H3. The van der Waals surface area contributed by atoms with Crippen LogP contribution in [0.3, 0.4) is 0 Å². The highest BCUT2D eigenvalue weighted by molar-refractivity contribution is 7.97. The smallest absolute Gasteiger partial charge is 0.324 e. The largest absolute Gasteiger partial charge is 0.490 e. The summed E-state index contributed by atoms with van der Waals surface area (Å²) in [6, 6.07) is 4.72. The van der Waals surface area contributed by atoms with Crippen LogP contribution in [-0.2, 0) is 11.3 Å². The molecule has 1 saturated carbocycles. The van der Waals surface area contributed by atoms with Gasteiger partial charge >= 0.3 is 6.03 Å². The minimum absolute atomic E-state index is 0.180. The van der Waals surface area contributed by atoms with Crippen molar-refractivity contribution in [1.82, 2.24) is 14.9 Å². The van der Waals surface area contributed by atoms with Crippen LogP contribution in [-0.4, -0.2) is 42.3 Å². The molecular formula is C22H34FN3O3S. The Hall–Kier alpha value is -1.80. The number of unbranched alkanes of at least 4 members (excludes halogenated alkanes) is 2. The summed E-state index contributed by atoms with van der Waals surface area (Å²) in [5, 5.41) is 2.28. The highest BCUT2D eigenvalue weighted by Crippen LogP contribution is 2.30. The monoisotopic (exact) mass is 439 g/mol. The molecule has 1 aromatic rings. The predicted molar refractivity (Wildman–Crippen MR) is 119 cm³/mol. The summed E-state index contributed by atoms with van der Waals surface area (Å²) in [5.74, 6) is 1.37. The van der Waals surface area contributed by atoms with Gasteiger partial charge in [0.25, 0.3) is 0 Å². The lowest BCUT2D eigenvalue weighted by molar-refractivity contribution is -0.118. The molecule has 1 aliphatic heterocycles. The van der Waals surface area contributed by atoms with Gasteiger partial charge in [-0.25, -0.2) is 9.18 Å². The Morgan fingerprint density at radius 3 is 2.67 bits per heavy atom. The number of halogens is 1. The fourth-order valence-corrected chi connectivity index (χ4v) is 3.55. The molecule has 0 radical (unpaired) electrons. The molecule has 1 heterocycles. The number of ether oxygens (including phenoxy) is 1. The maximum absolute atomic E-state index is 13.8. The Kier molecular flexibility index (Phi) is 11.0. The number of carbonyl (C=O) groups is 2. The molecule has 0 aromatic heterocycles. The number of urea groups is 1. The van der Waals surface area contributed by atoms with Crippen LogP contribution in [0.1, 0.15) is 57.9 Å². The molecular weight excluding hydrogens is 405 g/mol. The lowest BCUT2D eigenvalue weighted by Gasteiger charge is -2.12. The number of hydrogen-bond acceptors (Lipinski definition) is 5. The molecule has 8 heteroatoms.